The molecule has 0 spiro atoms. The zero-order valence-corrected chi connectivity index (χ0v) is 16.9. The predicted molar refractivity (Wildman–Crippen MR) is 121 cm³/mol. The highest BCUT2D eigenvalue weighted by Gasteiger charge is 2.25. The molecule has 0 saturated heterocycles. The summed E-state index contributed by atoms with van der Waals surface area (Å²) in [6, 6.07) is 19.8. The Morgan fingerprint density at radius 1 is 0.879 bits per heavy atom. The van der Waals surface area contributed by atoms with Crippen molar-refractivity contribution in [2.75, 3.05) is 11.1 Å². The van der Waals surface area contributed by atoms with Crippen molar-refractivity contribution in [1.82, 2.24) is 9.78 Å². The number of hydrogen-bond acceptors (Lipinski definition) is 7. The number of benzene rings is 3. The molecule has 1 heterocycles. The molecule has 0 atom stereocenters. The fraction of sp³-hybridized carbons (Fsp3) is 0. The molecule has 0 unspecified atom stereocenters. The van der Waals surface area contributed by atoms with E-state index in [4.69, 9.17) is 5.73 Å². The number of rotatable bonds is 6. The highest BCUT2D eigenvalue weighted by molar-refractivity contribution is 6.11. The molecule has 1 amide bonds. The fourth-order valence-corrected chi connectivity index (χ4v) is 3.25. The van der Waals surface area contributed by atoms with Crippen LogP contribution in [0.3, 0.4) is 0 Å². The quantitative estimate of drug-likeness (QED) is 0.333. The minimum Gasteiger partial charge on any atom is -0.383 e. The fourth-order valence-electron chi connectivity index (χ4n) is 3.25. The van der Waals surface area contributed by atoms with Crippen molar-refractivity contribution < 1.29 is 14.6 Å². The minimum atomic E-state index is -0.562. The number of nitro groups is 2. The molecule has 4 rings (SSSR count). The van der Waals surface area contributed by atoms with Crippen LogP contribution >= 0.6 is 0 Å². The Bertz CT molecular complexity index is 1370. The van der Waals surface area contributed by atoms with E-state index in [0.29, 0.717) is 16.9 Å². The van der Waals surface area contributed by atoms with Crippen LogP contribution in [0.1, 0.15) is 10.4 Å². The number of nitrogens with two attached hydrogens (primary N) is 1. The first-order valence-corrected chi connectivity index (χ1v) is 9.59. The monoisotopic (exact) mass is 444 g/mol. The van der Waals surface area contributed by atoms with Crippen molar-refractivity contribution in [2.45, 2.75) is 0 Å². The highest BCUT2D eigenvalue weighted by atomic mass is 16.6. The van der Waals surface area contributed by atoms with Crippen molar-refractivity contribution in [2.24, 2.45) is 0 Å². The number of nitrogen functional groups attached to an aromatic ring is 1. The van der Waals surface area contributed by atoms with E-state index < -0.39 is 15.8 Å². The second-order valence-corrected chi connectivity index (χ2v) is 6.92. The van der Waals surface area contributed by atoms with Crippen molar-refractivity contribution >= 4 is 28.8 Å². The standard InChI is InChI=1S/C22H16N6O5/c23-21-19(22(29)24-15-6-2-1-3-7-15)20(14-5-4-8-18(13-14)28(32)33)25-26(21)16-9-11-17(12-10-16)27(30)31/h1-13H,23H2,(H,24,29). The number of amides is 1. The number of carbonyl (C=O) groups is 1. The van der Waals surface area contributed by atoms with Crippen molar-refractivity contribution in [3.63, 3.8) is 0 Å². The maximum Gasteiger partial charge on any atom is 0.270 e. The summed E-state index contributed by atoms with van der Waals surface area (Å²) in [5, 5.41) is 29.4. The van der Waals surface area contributed by atoms with Gasteiger partial charge in [0.15, 0.2) is 0 Å². The average Bonchev–Trinajstić information content (AvgIpc) is 3.17. The Morgan fingerprint density at radius 2 is 1.55 bits per heavy atom. The summed E-state index contributed by atoms with van der Waals surface area (Å²) in [6.45, 7) is 0. The lowest BCUT2D eigenvalue weighted by Gasteiger charge is -2.07. The molecule has 0 radical (unpaired) electrons. The van der Waals surface area contributed by atoms with E-state index >= 15 is 0 Å². The molecule has 3 aromatic carbocycles. The Labute approximate surface area is 186 Å². The van der Waals surface area contributed by atoms with Crippen molar-refractivity contribution in [1.29, 1.82) is 0 Å². The third kappa shape index (κ3) is 4.23. The smallest absolute Gasteiger partial charge is 0.270 e. The van der Waals surface area contributed by atoms with Gasteiger partial charge in [-0.1, -0.05) is 30.3 Å². The second-order valence-electron chi connectivity index (χ2n) is 6.92. The molecule has 11 heteroatoms. The number of anilines is 2. The van der Waals surface area contributed by atoms with Gasteiger partial charge in [-0.2, -0.15) is 5.10 Å². The van der Waals surface area contributed by atoms with Crippen molar-refractivity contribution in [3.8, 4) is 16.9 Å². The van der Waals surface area contributed by atoms with Crippen LogP contribution < -0.4 is 11.1 Å². The molecule has 0 aliphatic carbocycles. The first-order chi connectivity index (χ1) is 15.8. The Balaban J connectivity index is 1.85. The van der Waals surface area contributed by atoms with Gasteiger partial charge in [-0.05, 0) is 24.3 Å². The van der Waals surface area contributed by atoms with Gasteiger partial charge in [-0.15, -0.1) is 0 Å². The second kappa shape index (κ2) is 8.59. The Hall–Kier alpha value is -5.06. The SMILES string of the molecule is Nc1c(C(=O)Nc2ccccc2)c(-c2cccc([N+](=O)[O-])c2)nn1-c1ccc([N+](=O)[O-])cc1. The lowest BCUT2D eigenvalue weighted by Crippen LogP contribution is -2.14. The van der Waals surface area contributed by atoms with Gasteiger partial charge in [0.25, 0.3) is 17.3 Å². The number of carbonyl (C=O) groups excluding carboxylic acids is 1. The maximum absolute atomic E-state index is 13.2. The lowest BCUT2D eigenvalue weighted by molar-refractivity contribution is -0.385. The topological polar surface area (TPSA) is 159 Å². The summed E-state index contributed by atoms with van der Waals surface area (Å²) in [4.78, 5) is 34.3. The summed E-state index contributed by atoms with van der Waals surface area (Å²) in [7, 11) is 0. The van der Waals surface area contributed by atoms with E-state index in [1.165, 1.54) is 47.1 Å². The van der Waals surface area contributed by atoms with Crippen LogP contribution in [0.15, 0.2) is 78.9 Å². The van der Waals surface area contributed by atoms with E-state index in [2.05, 4.69) is 10.4 Å². The molecule has 0 fully saturated rings. The molecular weight excluding hydrogens is 428 g/mol. The van der Waals surface area contributed by atoms with Crippen LogP contribution in [0.5, 0.6) is 0 Å². The third-order valence-corrected chi connectivity index (χ3v) is 4.82. The maximum atomic E-state index is 13.2. The number of nitrogens with zero attached hydrogens (tertiary/aromatic N) is 4. The van der Waals surface area contributed by atoms with Gasteiger partial charge in [0.2, 0.25) is 0 Å². The zero-order valence-electron chi connectivity index (χ0n) is 16.9. The van der Waals surface area contributed by atoms with Crippen LogP contribution in [-0.2, 0) is 0 Å². The average molecular weight is 444 g/mol. The molecule has 164 valence electrons. The first kappa shape index (κ1) is 21.2. The summed E-state index contributed by atoms with van der Waals surface area (Å²) in [6.07, 6.45) is 0. The predicted octanol–water partition coefficient (Wildman–Crippen LogP) is 4.19. The van der Waals surface area contributed by atoms with E-state index in [-0.39, 0.29) is 28.5 Å². The molecule has 0 saturated carbocycles. The lowest BCUT2D eigenvalue weighted by atomic mass is 10.1. The molecule has 0 bridgehead atoms. The van der Waals surface area contributed by atoms with Crippen LogP contribution in [0.2, 0.25) is 0 Å². The Morgan fingerprint density at radius 3 is 2.18 bits per heavy atom. The molecule has 3 N–H and O–H groups in total. The van der Waals surface area contributed by atoms with Crippen molar-refractivity contribution in [3.05, 3.63) is 105 Å². The number of non-ortho nitro benzene ring substituents is 2. The molecule has 1 aromatic heterocycles. The first-order valence-electron chi connectivity index (χ1n) is 9.59. The van der Waals surface area contributed by atoms with Crippen LogP contribution in [-0.4, -0.2) is 25.5 Å². The molecule has 11 nitrogen and oxygen atoms in total. The highest BCUT2D eigenvalue weighted by Crippen LogP contribution is 2.32. The van der Waals surface area contributed by atoms with Gasteiger partial charge < -0.3 is 11.1 Å². The van der Waals surface area contributed by atoms with Crippen LogP contribution in [0.4, 0.5) is 22.9 Å². The van der Waals surface area contributed by atoms with Gasteiger partial charge in [-0.3, -0.25) is 25.0 Å². The normalized spacial score (nSPS) is 10.5. The van der Waals surface area contributed by atoms with E-state index in [0.717, 1.165) is 0 Å². The number of nitro benzene ring substituents is 2. The number of nitrogens with one attached hydrogen (secondary N) is 1. The van der Waals surface area contributed by atoms with Gasteiger partial charge in [0.05, 0.1) is 15.5 Å². The summed E-state index contributed by atoms with van der Waals surface area (Å²) in [5.74, 6) is -0.591. The largest absolute Gasteiger partial charge is 0.383 e. The van der Waals surface area contributed by atoms with E-state index in [1.54, 1.807) is 36.4 Å². The molecular formula is C22H16N6O5. The van der Waals surface area contributed by atoms with Crippen LogP contribution in [0, 0.1) is 20.2 Å². The van der Waals surface area contributed by atoms with E-state index in [9.17, 15) is 25.0 Å². The van der Waals surface area contributed by atoms with Gasteiger partial charge in [0, 0.05) is 35.5 Å². The molecule has 0 aliphatic rings. The minimum absolute atomic E-state index is 0.0118. The molecule has 4 aromatic rings. The van der Waals surface area contributed by atoms with E-state index in [1.807, 2.05) is 0 Å². The summed E-state index contributed by atoms with van der Waals surface area (Å²) in [5.41, 5.74) is 7.36. The van der Waals surface area contributed by atoms with Crippen LogP contribution in [0.25, 0.3) is 16.9 Å². The zero-order chi connectivity index (χ0) is 23.5. The molecule has 0 aliphatic heterocycles. The Kier molecular flexibility index (Phi) is 5.51. The van der Waals surface area contributed by atoms with Gasteiger partial charge >= 0.3 is 0 Å². The summed E-state index contributed by atoms with van der Waals surface area (Å²) < 4.78 is 1.26. The third-order valence-electron chi connectivity index (χ3n) is 4.82. The number of aromatic nitrogens is 2. The van der Waals surface area contributed by atoms with Gasteiger partial charge in [0.1, 0.15) is 17.1 Å². The van der Waals surface area contributed by atoms with Gasteiger partial charge in [-0.25, -0.2) is 4.68 Å². The summed E-state index contributed by atoms with van der Waals surface area (Å²) >= 11 is 0. The number of hydrogen-bond donors (Lipinski definition) is 2. The number of para-hydroxylation sites is 1. The molecule has 33 heavy (non-hydrogen) atoms.